The van der Waals surface area contributed by atoms with E-state index in [0.29, 0.717) is 12.2 Å². The van der Waals surface area contributed by atoms with Crippen LogP contribution in [0.2, 0.25) is 0 Å². The van der Waals surface area contributed by atoms with Gasteiger partial charge in [0.25, 0.3) is 0 Å². The van der Waals surface area contributed by atoms with Crippen molar-refractivity contribution in [3.8, 4) is 0 Å². The van der Waals surface area contributed by atoms with Gasteiger partial charge in [-0.1, -0.05) is 12.1 Å². The Kier molecular flexibility index (Phi) is 3.76. The molecule has 1 aromatic carbocycles. The zero-order chi connectivity index (χ0) is 12.3. The number of hydrogen-bond acceptors (Lipinski definition) is 3. The van der Waals surface area contributed by atoms with Crippen LogP contribution in [-0.2, 0) is 4.74 Å². The van der Waals surface area contributed by atoms with Gasteiger partial charge in [0.05, 0.1) is 11.7 Å². The first-order valence-corrected chi connectivity index (χ1v) is 5.81. The predicted octanol–water partition coefficient (Wildman–Crippen LogP) is 1.99. The van der Waals surface area contributed by atoms with Crippen molar-refractivity contribution in [3.05, 3.63) is 35.4 Å². The quantitative estimate of drug-likeness (QED) is 0.842. The zero-order valence-corrected chi connectivity index (χ0v) is 9.50. The van der Waals surface area contributed by atoms with Crippen LogP contribution in [0.5, 0.6) is 0 Å². The van der Waals surface area contributed by atoms with Crippen LogP contribution in [0, 0.1) is 0 Å². The number of rotatable bonds is 3. The highest BCUT2D eigenvalue weighted by molar-refractivity contribution is 5.87. The predicted molar refractivity (Wildman–Crippen MR) is 62.0 cm³/mol. The van der Waals surface area contributed by atoms with Gasteiger partial charge in [-0.2, -0.15) is 0 Å². The van der Waals surface area contributed by atoms with Crippen LogP contribution < -0.4 is 0 Å². The summed E-state index contributed by atoms with van der Waals surface area (Å²) in [5.41, 5.74) is 0.800. The third kappa shape index (κ3) is 2.84. The summed E-state index contributed by atoms with van der Waals surface area (Å²) in [6.45, 7) is 0.667. The maximum atomic E-state index is 10.8. The van der Waals surface area contributed by atoms with Crippen LogP contribution in [0.15, 0.2) is 24.3 Å². The van der Waals surface area contributed by atoms with Crippen molar-refractivity contribution in [2.45, 2.75) is 31.5 Å². The Bertz CT molecular complexity index is 396. The molecule has 4 nitrogen and oxygen atoms in total. The van der Waals surface area contributed by atoms with Crippen LogP contribution >= 0.6 is 0 Å². The molecule has 0 bridgehead atoms. The number of aliphatic hydroxyl groups is 1. The standard InChI is InChI=1S/C13H16O4/c14-12(11-6-1-2-7-17-11)9-4-3-5-10(8-9)13(15)16/h3-5,8,11-12,14H,1-2,6-7H2,(H,15,16). The largest absolute Gasteiger partial charge is 0.478 e. The molecule has 0 aromatic heterocycles. The van der Waals surface area contributed by atoms with E-state index in [1.807, 2.05) is 0 Å². The fraction of sp³-hybridized carbons (Fsp3) is 0.462. The maximum Gasteiger partial charge on any atom is 0.335 e. The van der Waals surface area contributed by atoms with Gasteiger partial charge in [-0.3, -0.25) is 0 Å². The first-order valence-electron chi connectivity index (χ1n) is 5.81. The fourth-order valence-electron chi connectivity index (χ4n) is 2.08. The topological polar surface area (TPSA) is 66.8 Å². The van der Waals surface area contributed by atoms with Gasteiger partial charge < -0.3 is 14.9 Å². The van der Waals surface area contributed by atoms with E-state index >= 15 is 0 Å². The Hall–Kier alpha value is -1.39. The summed E-state index contributed by atoms with van der Waals surface area (Å²) in [5, 5.41) is 19.0. The Morgan fingerprint density at radius 1 is 1.41 bits per heavy atom. The summed E-state index contributed by atoms with van der Waals surface area (Å²) in [5.74, 6) is -0.983. The minimum Gasteiger partial charge on any atom is -0.478 e. The van der Waals surface area contributed by atoms with Gasteiger partial charge in [-0.05, 0) is 37.0 Å². The number of carbonyl (C=O) groups is 1. The molecule has 1 fully saturated rings. The lowest BCUT2D eigenvalue weighted by molar-refractivity contribution is -0.0633. The number of carboxylic acids is 1. The van der Waals surface area contributed by atoms with E-state index in [-0.39, 0.29) is 11.7 Å². The first kappa shape index (κ1) is 12.1. The smallest absolute Gasteiger partial charge is 0.335 e. The molecule has 0 saturated carbocycles. The average Bonchev–Trinajstić information content (AvgIpc) is 2.39. The van der Waals surface area contributed by atoms with Crippen LogP contribution in [0.1, 0.15) is 41.3 Å². The second-order valence-electron chi connectivity index (χ2n) is 4.28. The second-order valence-corrected chi connectivity index (χ2v) is 4.28. The van der Waals surface area contributed by atoms with Gasteiger partial charge in [0.1, 0.15) is 6.10 Å². The lowest BCUT2D eigenvalue weighted by atomic mass is 9.97. The molecule has 0 spiro atoms. The Morgan fingerprint density at radius 3 is 2.88 bits per heavy atom. The van der Waals surface area contributed by atoms with Crippen LogP contribution in [0.3, 0.4) is 0 Å². The van der Waals surface area contributed by atoms with E-state index in [1.165, 1.54) is 12.1 Å². The molecule has 0 aliphatic carbocycles. The number of benzene rings is 1. The molecular formula is C13H16O4. The molecule has 1 aliphatic rings. The maximum absolute atomic E-state index is 10.8. The van der Waals surface area contributed by atoms with Gasteiger partial charge >= 0.3 is 5.97 Å². The Labute approximate surface area is 99.8 Å². The second kappa shape index (κ2) is 5.29. The fourth-order valence-corrected chi connectivity index (χ4v) is 2.08. The van der Waals surface area contributed by atoms with Gasteiger partial charge in [0, 0.05) is 6.61 Å². The Morgan fingerprint density at radius 2 is 2.24 bits per heavy atom. The summed E-state index contributed by atoms with van der Waals surface area (Å²) >= 11 is 0. The van der Waals surface area contributed by atoms with Crippen LogP contribution in [0.25, 0.3) is 0 Å². The van der Waals surface area contributed by atoms with Crippen molar-refractivity contribution in [1.82, 2.24) is 0 Å². The molecule has 4 heteroatoms. The molecule has 92 valence electrons. The first-order chi connectivity index (χ1) is 8.18. The molecular weight excluding hydrogens is 220 g/mol. The molecule has 1 aromatic rings. The van der Waals surface area contributed by atoms with Crippen molar-refractivity contribution in [2.24, 2.45) is 0 Å². The molecule has 2 N–H and O–H groups in total. The van der Waals surface area contributed by atoms with E-state index in [0.717, 1.165) is 19.3 Å². The minimum atomic E-state index is -0.983. The van der Waals surface area contributed by atoms with Crippen molar-refractivity contribution >= 4 is 5.97 Å². The van der Waals surface area contributed by atoms with Crippen molar-refractivity contribution in [3.63, 3.8) is 0 Å². The van der Waals surface area contributed by atoms with Crippen molar-refractivity contribution in [2.75, 3.05) is 6.61 Å². The highest BCUT2D eigenvalue weighted by atomic mass is 16.5. The molecule has 2 rings (SSSR count). The van der Waals surface area contributed by atoms with E-state index in [4.69, 9.17) is 9.84 Å². The van der Waals surface area contributed by atoms with E-state index < -0.39 is 12.1 Å². The van der Waals surface area contributed by atoms with Gasteiger partial charge in [0.15, 0.2) is 0 Å². The van der Waals surface area contributed by atoms with Crippen LogP contribution in [0.4, 0.5) is 0 Å². The van der Waals surface area contributed by atoms with Crippen molar-refractivity contribution in [1.29, 1.82) is 0 Å². The third-order valence-electron chi connectivity index (χ3n) is 3.04. The summed E-state index contributed by atoms with van der Waals surface area (Å²) in [4.78, 5) is 10.8. The number of aromatic carboxylic acids is 1. The summed E-state index contributed by atoms with van der Waals surface area (Å²) in [6, 6.07) is 6.39. The molecule has 0 radical (unpaired) electrons. The highest BCUT2D eigenvalue weighted by Gasteiger charge is 2.24. The van der Waals surface area contributed by atoms with Crippen LogP contribution in [-0.4, -0.2) is 28.9 Å². The summed E-state index contributed by atoms with van der Waals surface area (Å²) in [6.07, 6.45) is 1.93. The molecule has 2 unspecified atom stereocenters. The summed E-state index contributed by atoms with van der Waals surface area (Å²) in [7, 11) is 0. The summed E-state index contributed by atoms with van der Waals surface area (Å²) < 4.78 is 5.50. The number of ether oxygens (including phenoxy) is 1. The van der Waals surface area contributed by atoms with E-state index in [2.05, 4.69) is 0 Å². The van der Waals surface area contributed by atoms with E-state index in [1.54, 1.807) is 12.1 Å². The molecule has 1 aliphatic heterocycles. The number of aliphatic hydroxyl groups excluding tert-OH is 1. The molecule has 1 heterocycles. The SMILES string of the molecule is O=C(O)c1cccc(C(O)C2CCCCO2)c1. The zero-order valence-electron chi connectivity index (χ0n) is 9.50. The lowest BCUT2D eigenvalue weighted by Gasteiger charge is -2.27. The molecule has 2 atom stereocenters. The third-order valence-corrected chi connectivity index (χ3v) is 3.04. The highest BCUT2D eigenvalue weighted by Crippen LogP contribution is 2.26. The normalized spacial score (nSPS) is 22.1. The Balaban J connectivity index is 2.14. The average molecular weight is 236 g/mol. The number of carboxylic acid groups (broad SMARTS) is 1. The molecule has 17 heavy (non-hydrogen) atoms. The van der Waals surface area contributed by atoms with Gasteiger partial charge in [0.2, 0.25) is 0 Å². The monoisotopic (exact) mass is 236 g/mol. The number of hydrogen-bond donors (Lipinski definition) is 2. The van der Waals surface area contributed by atoms with Gasteiger partial charge in [-0.25, -0.2) is 4.79 Å². The minimum absolute atomic E-state index is 0.192. The lowest BCUT2D eigenvalue weighted by Crippen LogP contribution is -2.26. The molecule has 1 saturated heterocycles. The van der Waals surface area contributed by atoms with Crippen molar-refractivity contribution < 1.29 is 19.7 Å². The molecule has 0 amide bonds. The van der Waals surface area contributed by atoms with Gasteiger partial charge in [-0.15, -0.1) is 0 Å². The van der Waals surface area contributed by atoms with E-state index in [9.17, 15) is 9.90 Å².